The van der Waals surface area contributed by atoms with Gasteiger partial charge in [0, 0.05) is 23.4 Å². The molecule has 0 spiro atoms. The summed E-state index contributed by atoms with van der Waals surface area (Å²) >= 11 is 1.53. The zero-order chi connectivity index (χ0) is 17.0. The van der Waals surface area contributed by atoms with Crippen molar-refractivity contribution in [1.82, 2.24) is 4.72 Å². The molecule has 1 aromatic carbocycles. The van der Waals surface area contributed by atoms with Crippen molar-refractivity contribution in [2.45, 2.75) is 17.9 Å². The van der Waals surface area contributed by atoms with E-state index in [9.17, 15) is 12.8 Å². The van der Waals surface area contributed by atoms with E-state index in [1.54, 1.807) is 0 Å². The number of hydrogen-bond donors (Lipinski definition) is 1. The molecule has 5 nitrogen and oxygen atoms in total. The second kappa shape index (κ2) is 7.39. The molecular weight excluding hydrogens is 341 g/mol. The standard InChI is InChI=1S/C15H18FNO4S2/c1-10-4-7-14(22-10)13(21-3)9-17-23(18,19)15-8-11(16)5-6-12(15)20-2/h4-8,13,17H,9H2,1-3H3. The Bertz CT molecular complexity index is 774. The summed E-state index contributed by atoms with van der Waals surface area (Å²) in [5.74, 6) is -0.566. The lowest BCUT2D eigenvalue weighted by molar-refractivity contribution is 0.110. The number of rotatable bonds is 7. The third-order valence-corrected chi connectivity index (χ3v) is 5.77. The number of nitrogens with one attached hydrogen (secondary N) is 1. The minimum Gasteiger partial charge on any atom is -0.495 e. The Morgan fingerprint density at radius 3 is 2.57 bits per heavy atom. The average Bonchev–Trinajstić information content (AvgIpc) is 2.94. The predicted molar refractivity (Wildman–Crippen MR) is 86.9 cm³/mol. The van der Waals surface area contributed by atoms with E-state index >= 15 is 0 Å². The highest BCUT2D eigenvalue weighted by molar-refractivity contribution is 7.89. The van der Waals surface area contributed by atoms with Crippen molar-refractivity contribution in [3.05, 3.63) is 45.9 Å². The fourth-order valence-corrected chi connectivity index (χ4v) is 4.22. The Labute approximate surface area is 139 Å². The van der Waals surface area contributed by atoms with Gasteiger partial charge in [-0.2, -0.15) is 0 Å². The fourth-order valence-electron chi connectivity index (χ4n) is 2.05. The summed E-state index contributed by atoms with van der Waals surface area (Å²) in [6.07, 6.45) is -0.414. The van der Waals surface area contributed by atoms with Gasteiger partial charge in [-0.05, 0) is 37.3 Å². The quantitative estimate of drug-likeness (QED) is 0.826. The first-order valence-electron chi connectivity index (χ1n) is 6.79. The zero-order valence-electron chi connectivity index (χ0n) is 13.0. The lowest BCUT2D eigenvalue weighted by Crippen LogP contribution is -2.29. The van der Waals surface area contributed by atoms with E-state index in [4.69, 9.17) is 9.47 Å². The summed E-state index contributed by atoms with van der Waals surface area (Å²) in [5.41, 5.74) is 0. The number of hydrogen-bond acceptors (Lipinski definition) is 5. The van der Waals surface area contributed by atoms with Crippen LogP contribution in [0.2, 0.25) is 0 Å². The van der Waals surface area contributed by atoms with E-state index in [-0.39, 0.29) is 17.2 Å². The highest BCUT2D eigenvalue weighted by Gasteiger charge is 2.23. The van der Waals surface area contributed by atoms with Crippen LogP contribution in [0.15, 0.2) is 35.2 Å². The van der Waals surface area contributed by atoms with E-state index in [2.05, 4.69) is 4.72 Å². The Morgan fingerprint density at radius 2 is 2.00 bits per heavy atom. The van der Waals surface area contributed by atoms with Crippen LogP contribution >= 0.6 is 11.3 Å². The van der Waals surface area contributed by atoms with Crippen molar-refractivity contribution >= 4 is 21.4 Å². The van der Waals surface area contributed by atoms with Crippen molar-refractivity contribution in [2.24, 2.45) is 0 Å². The minimum atomic E-state index is -3.92. The normalized spacial score (nSPS) is 13.0. The van der Waals surface area contributed by atoms with Gasteiger partial charge in [0.25, 0.3) is 0 Å². The molecule has 1 atom stereocenters. The number of sulfonamides is 1. The molecule has 8 heteroatoms. The van der Waals surface area contributed by atoms with Crippen LogP contribution in [-0.2, 0) is 14.8 Å². The predicted octanol–water partition coefficient (Wildman–Crippen LogP) is 2.87. The molecule has 2 aromatic rings. The maximum absolute atomic E-state index is 13.4. The van der Waals surface area contributed by atoms with Gasteiger partial charge in [0.15, 0.2) is 0 Å². The fraction of sp³-hybridized carbons (Fsp3) is 0.333. The maximum atomic E-state index is 13.4. The van der Waals surface area contributed by atoms with Crippen molar-refractivity contribution in [1.29, 1.82) is 0 Å². The van der Waals surface area contributed by atoms with Gasteiger partial charge in [-0.3, -0.25) is 0 Å². The zero-order valence-corrected chi connectivity index (χ0v) is 14.6. The molecule has 0 aliphatic rings. The molecule has 1 unspecified atom stereocenters. The van der Waals surface area contributed by atoms with Crippen LogP contribution in [0.5, 0.6) is 5.75 Å². The van der Waals surface area contributed by atoms with Crippen LogP contribution < -0.4 is 9.46 Å². The van der Waals surface area contributed by atoms with E-state index in [0.29, 0.717) is 0 Å². The Hall–Kier alpha value is -1.48. The second-order valence-corrected chi connectivity index (χ2v) is 7.87. The number of aryl methyl sites for hydroxylation is 1. The molecule has 1 N–H and O–H groups in total. The summed E-state index contributed by atoms with van der Waals surface area (Å²) < 4.78 is 51.0. The molecule has 1 heterocycles. The second-order valence-electron chi connectivity index (χ2n) is 4.82. The van der Waals surface area contributed by atoms with Gasteiger partial charge in [0.2, 0.25) is 10.0 Å². The number of halogens is 1. The van der Waals surface area contributed by atoms with Crippen LogP contribution in [0.25, 0.3) is 0 Å². The van der Waals surface area contributed by atoms with Gasteiger partial charge >= 0.3 is 0 Å². The van der Waals surface area contributed by atoms with E-state index < -0.39 is 21.9 Å². The number of thiophene rings is 1. The van der Waals surface area contributed by atoms with Crippen LogP contribution in [0, 0.1) is 12.7 Å². The van der Waals surface area contributed by atoms with Crippen molar-refractivity contribution in [3.8, 4) is 5.75 Å². The highest BCUT2D eigenvalue weighted by atomic mass is 32.2. The summed E-state index contributed by atoms with van der Waals surface area (Å²) in [7, 11) is -1.08. The van der Waals surface area contributed by atoms with Gasteiger partial charge in [-0.1, -0.05) is 0 Å². The summed E-state index contributed by atoms with van der Waals surface area (Å²) in [4.78, 5) is 1.79. The SMILES string of the molecule is COc1ccc(F)cc1S(=O)(=O)NCC(OC)c1ccc(C)s1. The summed E-state index contributed by atoms with van der Waals surface area (Å²) in [5, 5.41) is 0. The molecule has 23 heavy (non-hydrogen) atoms. The Balaban J connectivity index is 2.19. The van der Waals surface area contributed by atoms with E-state index in [1.807, 2.05) is 19.1 Å². The maximum Gasteiger partial charge on any atom is 0.244 e. The Morgan fingerprint density at radius 1 is 1.26 bits per heavy atom. The molecule has 0 aliphatic heterocycles. The third kappa shape index (κ3) is 4.29. The molecule has 0 amide bonds. The lowest BCUT2D eigenvalue weighted by atomic mass is 10.3. The molecule has 2 rings (SSSR count). The summed E-state index contributed by atoms with van der Waals surface area (Å²) in [6.45, 7) is 2.00. The molecule has 0 fully saturated rings. The first-order chi connectivity index (χ1) is 10.9. The van der Waals surface area contributed by atoms with Gasteiger partial charge in [0.1, 0.15) is 22.6 Å². The summed E-state index contributed by atoms with van der Waals surface area (Å²) in [6, 6.07) is 7.18. The molecule has 0 bridgehead atoms. The van der Waals surface area contributed by atoms with Crippen molar-refractivity contribution < 1.29 is 22.3 Å². The van der Waals surface area contributed by atoms with Crippen LogP contribution in [-0.4, -0.2) is 29.2 Å². The van der Waals surface area contributed by atoms with Crippen molar-refractivity contribution in [2.75, 3.05) is 20.8 Å². The molecule has 1 aromatic heterocycles. The first kappa shape index (κ1) is 17.9. The molecule has 0 saturated heterocycles. The third-order valence-electron chi connectivity index (χ3n) is 3.24. The van der Waals surface area contributed by atoms with Gasteiger partial charge in [-0.25, -0.2) is 17.5 Å². The average molecular weight is 359 g/mol. The molecule has 0 saturated carbocycles. The smallest absolute Gasteiger partial charge is 0.244 e. The van der Waals surface area contributed by atoms with Gasteiger partial charge in [0.05, 0.1) is 7.11 Å². The molecular formula is C15H18FNO4S2. The minimum absolute atomic E-state index is 0.0401. The lowest BCUT2D eigenvalue weighted by Gasteiger charge is -2.16. The van der Waals surface area contributed by atoms with Crippen molar-refractivity contribution in [3.63, 3.8) is 0 Å². The first-order valence-corrected chi connectivity index (χ1v) is 9.09. The molecule has 0 radical (unpaired) electrons. The van der Waals surface area contributed by atoms with Crippen LogP contribution in [0.1, 0.15) is 15.9 Å². The largest absolute Gasteiger partial charge is 0.495 e. The monoisotopic (exact) mass is 359 g/mol. The van der Waals surface area contributed by atoms with Crippen LogP contribution in [0.4, 0.5) is 4.39 Å². The van der Waals surface area contributed by atoms with Crippen LogP contribution in [0.3, 0.4) is 0 Å². The number of methoxy groups -OCH3 is 2. The molecule has 0 aliphatic carbocycles. The topological polar surface area (TPSA) is 64.6 Å². The van der Waals surface area contributed by atoms with E-state index in [0.717, 1.165) is 21.9 Å². The number of benzene rings is 1. The number of ether oxygens (including phenoxy) is 2. The van der Waals surface area contributed by atoms with E-state index in [1.165, 1.54) is 31.6 Å². The van der Waals surface area contributed by atoms with Gasteiger partial charge in [-0.15, -0.1) is 11.3 Å². The highest BCUT2D eigenvalue weighted by Crippen LogP contribution is 2.27. The molecule has 126 valence electrons. The van der Waals surface area contributed by atoms with Gasteiger partial charge < -0.3 is 9.47 Å². The Kier molecular flexibility index (Phi) is 5.74.